The van der Waals surface area contributed by atoms with Gasteiger partial charge in [0.25, 0.3) is 0 Å². The molecular weight excluding hydrogens is 361 g/mol. The van der Waals surface area contributed by atoms with Gasteiger partial charge in [-0.1, -0.05) is 6.07 Å². The number of aryl methyl sites for hydroxylation is 3. The van der Waals surface area contributed by atoms with E-state index in [4.69, 9.17) is 9.84 Å². The van der Waals surface area contributed by atoms with Crippen LogP contribution in [-0.2, 0) is 11.2 Å². The number of halogens is 1. The maximum atomic E-state index is 14.1. The second-order valence-electron chi connectivity index (χ2n) is 6.35. The fourth-order valence-electron chi connectivity index (χ4n) is 2.66. The third-order valence-corrected chi connectivity index (χ3v) is 4.06. The van der Waals surface area contributed by atoms with Crippen LogP contribution < -0.4 is 10.1 Å². The number of carboxylic acid groups (broad SMARTS) is 1. The largest absolute Gasteiger partial charge is 0.481 e. The van der Waals surface area contributed by atoms with Crippen LogP contribution in [0.1, 0.15) is 23.4 Å². The quantitative estimate of drug-likeness (QED) is 0.612. The predicted molar refractivity (Wildman–Crippen MR) is 104 cm³/mol. The highest BCUT2D eigenvalue weighted by Crippen LogP contribution is 2.27. The number of nitrogens with one attached hydrogen (secondary N) is 1. The van der Waals surface area contributed by atoms with E-state index in [1.165, 1.54) is 6.07 Å². The summed E-state index contributed by atoms with van der Waals surface area (Å²) in [6.07, 6.45) is 1.86. The molecule has 0 amide bonds. The van der Waals surface area contributed by atoms with E-state index in [1.807, 2.05) is 26.0 Å². The SMILES string of the molecule is Cc1ccc(Oc2ccnc(Nc3cc(CCC(=O)O)ccc3F)c2)c(C)n1. The maximum Gasteiger partial charge on any atom is 0.303 e. The van der Waals surface area contributed by atoms with Crippen molar-refractivity contribution in [1.29, 1.82) is 0 Å². The minimum Gasteiger partial charge on any atom is -0.481 e. The van der Waals surface area contributed by atoms with Crippen molar-refractivity contribution >= 4 is 17.5 Å². The first-order valence-electron chi connectivity index (χ1n) is 8.76. The highest BCUT2D eigenvalue weighted by atomic mass is 19.1. The number of aliphatic carboxylic acids is 1. The van der Waals surface area contributed by atoms with Gasteiger partial charge < -0.3 is 15.2 Å². The molecule has 0 fully saturated rings. The summed E-state index contributed by atoms with van der Waals surface area (Å²) in [7, 11) is 0. The summed E-state index contributed by atoms with van der Waals surface area (Å²) < 4.78 is 20.0. The average molecular weight is 381 g/mol. The van der Waals surface area contributed by atoms with Crippen molar-refractivity contribution in [2.24, 2.45) is 0 Å². The number of hydrogen-bond donors (Lipinski definition) is 2. The van der Waals surface area contributed by atoms with Crippen molar-refractivity contribution in [3.05, 3.63) is 71.4 Å². The summed E-state index contributed by atoms with van der Waals surface area (Å²) >= 11 is 0. The number of ether oxygens (including phenoxy) is 1. The van der Waals surface area contributed by atoms with Crippen LogP contribution in [-0.4, -0.2) is 21.0 Å². The highest BCUT2D eigenvalue weighted by molar-refractivity contribution is 5.67. The summed E-state index contributed by atoms with van der Waals surface area (Å²) in [6, 6.07) is 11.5. The van der Waals surface area contributed by atoms with Crippen LogP contribution in [0.25, 0.3) is 0 Å². The van der Waals surface area contributed by atoms with E-state index in [2.05, 4.69) is 15.3 Å². The number of benzene rings is 1. The molecule has 7 heteroatoms. The first-order valence-corrected chi connectivity index (χ1v) is 8.76. The number of pyridine rings is 2. The number of carboxylic acids is 1. The molecule has 0 radical (unpaired) electrons. The monoisotopic (exact) mass is 381 g/mol. The third-order valence-electron chi connectivity index (χ3n) is 4.06. The van der Waals surface area contributed by atoms with E-state index < -0.39 is 11.8 Å². The van der Waals surface area contributed by atoms with Crippen molar-refractivity contribution in [2.45, 2.75) is 26.7 Å². The van der Waals surface area contributed by atoms with Crippen LogP contribution in [0.15, 0.2) is 48.7 Å². The molecule has 0 atom stereocenters. The average Bonchev–Trinajstić information content (AvgIpc) is 2.65. The van der Waals surface area contributed by atoms with E-state index in [1.54, 1.807) is 30.5 Å². The Balaban J connectivity index is 1.77. The minimum atomic E-state index is -0.897. The zero-order valence-corrected chi connectivity index (χ0v) is 15.6. The fraction of sp³-hybridized carbons (Fsp3) is 0.190. The molecule has 0 aliphatic carbocycles. The number of nitrogens with zero attached hydrogens (tertiary/aromatic N) is 2. The molecule has 0 unspecified atom stereocenters. The lowest BCUT2D eigenvalue weighted by Gasteiger charge is -2.12. The Bertz CT molecular complexity index is 1010. The number of hydrogen-bond acceptors (Lipinski definition) is 5. The smallest absolute Gasteiger partial charge is 0.303 e. The number of carbonyl (C=O) groups is 1. The molecule has 144 valence electrons. The summed E-state index contributed by atoms with van der Waals surface area (Å²) in [4.78, 5) is 19.3. The first-order chi connectivity index (χ1) is 13.4. The number of rotatable bonds is 7. The lowest BCUT2D eigenvalue weighted by atomic mass is 10.1. The van der Waals surface area contributed by atoms with Crippen molar-refractivity contribution in [1.82, 2.24) is 9.97 Å². The van der Waals surface area contributed by atoms with Gasteiger partial charge in [0.05, 0.1) is 11.4 Å². The summed E-state index contributed by atoms with van der Waals surface area (Å²) in [5, 5.41) is 11.7. The maximum absolute atomic E-state index is 14.1. The fourth-order valence-corrected chi connectivity index (χ4v) is 2.66. The Morgan fingerprint density at radius 1 is 1.18 bits per heavy atom. The molecule has 3 aromatic rings. The van der Waals surface area contributed by atoms with Crippen molar-refractivity contribution in [2.75, 3.05) is 5.32 Å². The molecule has 2 N–H and O–H groups in total. The van der Waals surface area contributed by atoms with E-state index in [9.17, 15) is 9.18 Å². The second-order valence-corrected chi connectivity index (χ2v) is 6.35. The van der Waals surface area contributed by atoms with Gasteiger partial charge in [0.1, 0.15) is 23.1 Å². The van der Waals surface area contributed by atoms with Crippen molar-refractivity contribution < 1.29 is 19.0 Å². The Hall–Kier alpha value is -3.48. The highest BCUT2D eigenvalue weighted by Gasteiger charge is 2.09. The molecule has 6 nitrogen and oxygen atoms in total. The Kier molecular flexibility index (Phi) is 5.84. The summed E-state index contributed by atoms with van der Waals surface area (Å²) in [5.41, 5.74) is 2.62. The molecule has 0 bridgehead atoms. The molecule has 0 saturated carbocycles. The van der Waals surface area contributed by atoms with Gasteiger partial charge >= 0.3 is 5.97 Å². The Morgan fingerprint density at radius 3 is 2.75 bits per heavy atom. The molecule has 0 spiro atoms. The van der Waals surface area contributed by atoms with Gasteiger partial charge in [0, 0.05) is 24.4 Å². The van der Waals surface area contributed by atoms with E-state index in [0.717, 1.165) is 17.0 Å². The lowest BCUT2D eigenvalue weighted by Crippen LogP contribution is -2.01. The Morgan fingerprint density at radius 2 is 2.00 bits per heavy atom. The molecule has 3 rings (SSSR count). The van der Waals surface area contributed by atoms with Crippen LogP contribution in [0.4, 0.5) is 15.9 Å². The van der Waals surface area contributed by atoms with Crippen LogP contribution in [0.5, 0.6) is 11.5 Å². The third kappa shape index (κ3) is 5.03. The molecule has 1 aromatic carbocycles. The van der Waals surface area contributed by atoms with Gasteiger partial charge in [-0.2, -0.15) is 0 Å². The van der Waals surface area contributed by atoms with Crippen LogP contribution in [0.3, 0.4) is 0 Å². The van der Waals surface area contributed by atoms with E-state index >= 15 is 0 Å². The molecule has 0 aliphatic heterocycles. The molecule has 28 heavy (non-hydrogen) atoms. The number of anilines is 2. The van der Waals surface area contributed by atoms with Gasteiger partial charge in [0.2, 0.25) is 0 Å². The second kappa shape index (κ2) is 8.47. The van der Waals surface area contributed by atoms with Crippen LogP contribution in [0, 0.1) is 19.7 Å². The molecule has 2 heterocycles. The first kappa shape index (κ1) is 19.3. The minimum absolute atomic E-state index is 0.0173. The van der Waals surface area contributed by atoms with Crippen LogP contribution in [0.2, 0.25) is 0 Å². The molecular formula is C21H20FN3O3. The van der Waals surface area contributed by atoms with Gasteiger partial charge in [-0.15, -0.1) is 0 Å². The number of aromatic nitrogens is 2. The van der Waals surface area contributed by atoms with Gasteiger partial charge in [0.15, 0.2) is 0 Å². The molecule has 0 saturated heterocycles. The normalized spacial score (nSPS) is 10.5. The van der Waals surface area contributed by atoms with Gasteiger partial charge in [-0.25, -0.2) is 9.37 Å². The predicted octanol–water partition coefficient (Wildman–Crippen LogP) is 4.79. The molecule has 0 aliphatic rings. The molecule has 2 aromatic heterocycles. The summed E-state index contributed by atoms with van der Waals surface area (Å²) in [6.45, 7) is 3.77. The van der Waals surface area contributed by atoms with E-state index in [0.29, 0.717) is 23.7 Å². The van der Waals surface area contributed by atoms with Crippen molar-refractivity contribution in [3.63, 3.8) is 0 Å². The zero-order valence-electron chi connectivity index (χ0n) is 15.6. The van der Waals surface area contributed by atoms with E-state index in [-0.39, 0.29) is 12.1 Å². The topological polar surface area (TPSA) is 84.3 Å². The lowest BCUT2D eigenvalue weighted by molar-refractivity contribution is -0.136. The zero-order chi connectivity index (χ0) is 20.1. The van der Waals surface area contributed by atoms with Gasteiger partial charge in [-0.3, -0.25) is 9.78 Å². The van der Waals surface area contributed by atoms with Crippen LogP contribution >= 0.6 is 0 Å². The summed E-state index contributed by atoms with van der Waals surface area (Å²) in [5.74, 6) is 0.222. The van der Waals surface area contributed by atoms with Crippen molar-refractivity contribution in [3.8, 4) is 11.5 Å². The van der Waals surface area contributed by atoms with Gasteiger partial charge in [-0.05, 0) is 56.2 Å². The standard InChI is InChI=1S/C21H20FN3O3/c1-13-3-7-19(14(2)24-13)28-16-9-10-23-20(12-16)25-18-11-15(4-6-17(18)22)5-8-21(26)27/h3-4,6-7,9-12H,5,8H2,1-2H3,(H,23,25)(H,26,27). The Labute approximate surface area is 162 Å².